The van der Waals surface area contributed by atoms with Gasteiger partial charge in [-0.15, -0.1) is 0 Å². The van der Waals surface area contributed by atoms with Gasteiger partial charge in [0, 0.05) is 25.3 Å². The first-order valence-electron chi connectivity index (χ1n) is 8.12. The van der Waals surface area contributed by atoms with E-state index in [1.807, 2.05) is 43.3 Å². The maximum absolute atomic E-state index is 8.98. The van der Waals surface area contributed by atoms with Crippen molar-refractivity contribution in [1.29, 1.82) is 5.26 Å². The molecule has 0 aliphatic carbocycles. The first kappa shape index (κ1) is 15.5. The van der Waals surface area contributed by atoms with Gasteiger partial charge in [-0.3, -0.25) is 4.90 Å². The van der Waals surface area contributed by atoms with Gasteiger partial charge in [0.2, 0.25) is 0 Å². The molecule has 0 radical (unpaired) electrons. The summed E-state index contributed by atoms with van der Waals surface area (Å²) in [6.45, 7) is 6.11. The molecule has 3 rings (SSSR count). The Bertz CT molecular complexity index is 705. The highest BCUT2D eigenvalue weighted by atomic mass is 15.1. The first-order chi connectivity index (χ1) is 11.2. The molecule has 4 heteroatoms. The number of pyridine rings is 1. The molecular formula is C19H22N4. The summed E-state index contributed by atoms with van der Waals surface area (Å²) >= 11 is 0. The lowest BCUT2D eigenvalue weighted by molar-refractivity contribution is 0.319. The SMILES string of the molecule is Cc1cccc(NC[C@@H]2CCN(Cc3cccc(C#N)c3)C2)n1. The number of likely N-dealkylation sites (tertiary alicyclic amines) is 1. The predicted molar refractivity (Wildman–Crippen MR) is 92.0 cm³/mol. The quantitative estimate of drug-likeness (QED) is 0.921. The molecule has 0 unspecified atom stereocenters. The fourth-order valence-electron chi connectivity index (χ4n) is 3.11. The van der Waals surface area contributed by atoms with Crippen molar-refractivity contribution < 1.29 is 0 Å². The van der Waals surface area contributed by atoms with Crippen molar-refractivity contribution in [3.63, 3.8) is 0 Å². The predicted octanol–water partition coefficient (Wildman–Crippen LogP) is 3.20. The Balaban J connectivity index is 1.49. The minimum Gasteiger partial charge on any atom is -0.370 e. The van der Waals surface area contributed by atoms with E-state index in [1.54, 1.807) is 0 Å². The molecule has 2 heterocycles. The number of rotatable bonds is 5. The van der Waals surface area contributed by atoms with Gasteiger partial charge >= 0.3 is 0 Å². The summed E-state index contributed by atoms with van der Waals surface area (Å²) < 4.78 is 0. The van der Waals surface area contributed by atoms with Crippen LogP contribution >= 0.6 is 0 Å². The summed E-state index contributed by atoms with van der Waals surface area (Å²) in [5, 5.41) is 12.4. The van der Waals surface area contributed by atoms with Crippen LogP contribution in [0.3, 0.4) is 0 Å². The van der Waals surface area contributed by atoms with Crippen LogP contribution in [-0.2, 0) is 6.54 Å². The maximum Gasteiger partial charge on any atom is 0.126 e. The fourth-order valence-corrected chi connectivity index (χ4v) is 3.11. The number of hydrogen-bond acceptors (Lipinski definition) is 4. The van der Waals surface area contributed by atoms with Gasteiger partial charge in [0.25, 0.3) is 0 Å². The molecule has 1 aliphatic rings. The summed E-state index contributed by atoms with van der Waals surface area (Å²) in [5.41, 5.74) is 3.00. The highest BCUT2D eigenvalue weighted by Gasteiger charge is 2.22. The van der Waals surface area contributed by atoms with Gasteiger partial charge in [0.15, 0.2) is 0 Å². The summed E-state index contributed by atoms with van der Waals surface area (Å²) in [6.07, 6.45) is 1.21. The summed E-state index contributed by atoms with van der Waals surface area (Å²) in [4.78, 5) is 6.95. The van der Waals surface area contributed by atoms with Crippen LogP contribution in [0, 0.1) is 24.2 Å². The van der Waals surface area contributed by atoms with Gasteiger partial charge in [-0.1, -0.05) is 18.2 Å². The molecule has 1 saturated heterocycles. The van der Waals surface area contributed by atoms with Gasteiger partial charge in [0.1, 0.15) is 5.82 Å². The Morgan fingerprint density at radius 1 is 1.30 bits per heavy atom. The summed E-state index contributed by atoms with van der Waals surface area (Å²) in [5.74, 6) is 1.61. The lowest BCUT2D eigenvalue weighted by Crippen LogP contribution is -2.22. The molecule has 1 aromatic carbocycles. The Kier molecular flexibility index (Phi) is 4.89. The lowest BCUT2D eigenvalue weighted by atomic mass is 10.1. The van der Waals surface area contributed by atoms with Gasteiger partial charge in [-0.05, 0) is 55.6 Å². The van der Waals surface area contributed by atoms with Crippen LogP contribution in [0.5, 0.6) is 0 Å². The van der Waals surface area contributed by atoms with Crippen LogP contribution in [0.15, 0.2) is 42.5 Å². The average Bonchev–Trinajstić information content (AvgIpc) is 3.01. The van der Waals surface area contributed by atoms with E-state index in [1.165, 1.54) is 12.0 Å². The number of nitriles is 1. The fraction of sp³-hybridized carbons (Fsp3) is 0.368. The standard InChI is InChI=1S/C19H22N4/c1-15-4-2-7-19(22-15)21-12-18-8-9-23(14-18)13-17-6-3-5-16(10-17)11-20/h2-7,10,18H,8-9,12-14H2,1H3,(H,21,22)/t18-/m0/s1. The first-order valence-corrected chi connectivity index (χ1v) is 8.12. The van der Waals surface area contributed by atoms with Gasteiger partial charge in [0.05, 0.1) is 11.6 Å². The second-order valence-corrected chi connectivity index (χ2v) is 6.25. The van der Waals surface area contributed by atoms with Crippen molar-refractivity contribution in [2.45, 2.75) is 19.9 Å². The van der Waals surface area contributed by atoms with Crippen molar-refractivity contribution >= 4 is 5.82 Å². The number of aromatic nitrogens is 1. The minimum absolute atomic E-state index is 0.650. The number of anilines is 1. The number of hydrogen-bond donors (Lipinski definition) is 1. The molecular weight excluding hydrogens is 284 g/mol. The van der Waals surface area contributed by atoms with E-state index in [0.717, 1.165) is 43.3 Å². The third-order valence-corrected chi connectivity index (χ3v) is 4.29. The number of nitrogens with zero attached hydrogens (tertiary/aromatic N) is 3. The van der Waals surface area contributed by atoms with Crippen molar-refractivity contribution in [3.05, 3.63) is 59.3 Å². The second-order valence-electron chi connectivity index (χ2n) is 6.25. The topological polar surface area (TPSA) is 52.0 Å². The molecule has 0 spiro atoms. The monoisotopic (exact) mass is 306 g/mol. The molecule has 0 amide bonds. The van der Waals surface area contributed by atoms with Crippen molar-refractivity contribution in [2.75, 3.05) is 25.0 Å². The Morgan fingerprint density at radius 2 is 2.17 bits per heavy atom. The summed E-state index contributed by atoms with van der Waals surface area (Å²) in [6, 6.07) is 16.2. The zero-order valence-electron chi connectivity index (χ0n) is 13.5. The highest BCUT2D eigenvalue weighted by molar-refractivity contribution is 5.35. The van der Waals surface area contributed by atoms with E-state index in [0.29, 0.717) is 5.92 Å². The van der Waals surface area contributed by atoms with E-state index in [4.69, 9.17) is 5.26 Å². The van der Waals surface area contributed by atoms with E-state index in [9.17, 15) is 0 Å². The molecule has 1 atom stereocenters. The zero-order chi connectivity index (χ0) is 16.1. The minimum atomic E-state index is 0.650. The van der Waals surface area contributed by atoms with Gasteiger partial charge in [-0.2, -0.15) is 5.26 Å². The largest absolute Gasteiger partial charge is 0.370 e. The number of aryl methyl sites for hydroxylation is 1. The van der Waals surface area contributed by atoms with Crippen molar-refractivity contribution in [1.82, 2.24) is 9.88 Å². The Hall–Kier alpha value is -2.38. The molecule has 23 heavy (non-hydrogen) atoms. The molecule has 1 aliphatic heterocycles. The molecule has 0 bridgehead atoms. The third kappa shape index (κ3) is 4.30. The molecule has 0 saturated carbocycles. The second kappa shape index (κ2) is 7.26. The van der Waals surface area contributed by atoms with Crippen molar-refractivity contribution in [2.24, 2.45) is 5.92 Å². The molecule has 1 aromatic heterocycles. The Morgan fingerprint density at radius 3 is 3.00 bits per heavy atom. The number of nitrogens with one attached hydrogen (secondary N) is 1. The van der Waals surface area contributed by atoms with Gasteiger partial charge in [-0.25, -0.2) is 4.98 Å². The van der Waals surface area contributed by atoms with E-state index >= 15 is 0 Å². The van der Waals surface area contributed by atoms with Crippen LogP contribution in [0.1, 0.15) is 23.2 Å². The third-order valence-electron chi connectivity index (χ3n) is 4.29. The number of benzene rings is 1. The summed E-state index contributed by atoms with van der Waals surface area (Å²) in [7, 11) is 0. The van der Waals surface area contributed by atoms with E-state index < -0.39 is 0 Å². The van der Waals surface area contributed by atoms with Crippen LogP contribution in [0.2, 0.25) is 0 Å². The molecule has 118 valence electrons. The molecule has 2 aromatic rings. The van der Waals surface area contributed by atoms with Gasteiger partial charge < -0.3 is 5.32 Å². The van der Waals surface area contributed by atoms with Crippen LogP contribution in [0.4, 0.5) is 5.82 Å². The van der Waals surface area contributed by atoms with Crippen LogP contribution < -0.4 is 5.32 Å². The zero-order valence-corrected chi connectivity index (χ0v) is 13.5. The Labute approximate surface area is 137 Å². The maximum atomic E-state index is 8.98. The normalized spacial score (nSPS) is 17.8. The van der Waals surface area contributed by atoms with Crippen LogP contribution in [-0.4, -0.2) is 29.5 Å². The highest BCUT2D eigenvalue weighted by Crippen LogP contribution is 2.19. The molecule has 1 fully saturated rings. The lowest BCUT2D eigenvalue weighted by Gasteiger charge is -2.16. The molecule has 4 nitrogen and oxygen atoms in total. The molecule has 1 N–H and O–H groups in total. The van der Waals surface area contributed by atoms with E-state index in [2.05, 4.69) is 27.3 Å². The smallest absolute Gasteiger partial charge is 0.126 e. The van der Waals surface area contributed by atoms with Crippen molar-refractivity contribution in [3.8, 4) is 6.07 Å². The average molecular weight is 306 g/mol. The van der Waals surface area contributed by atoms with E-state index in [-0.39, 0.29) is 0 Å². The van der Waals surface area contributed by atoms with Crippen LogP contribution in [0.25, 0.3) is 0 Å².